The predicted octanol–water partition coefficient (Wildman–Crippen LogP) is 1.90. The molecule has 1 aromatic heterocycles. The number of hydrogen-bond acceptors (Lipinski definition) is 5. The van der Waals surface area contributed by atoms with Crippen LogP contribution in [0.5, 0.6) is 0 Å². The summed E-state index contributed by atoms with van der Waals surface area (Å²) in [7, 11) is -2.01. The van der Waals surface area contributed by atoms with Crippen LogP contribution >= 0.6 is 0 Å². The van der Waals surface area contributed by atoms with E-state index in [4.69, 9.17) is 5.11 Å². The second-order valence-corrected chi connectivity index (χ2v) is 8.03. The number of sulfone groups is 1. The van der Waals surface area contributed by atoms with Crippen molar-refractivity contribution in [3.05, 3.63) is 41.2 Å². The molecule has 0 radical (unpaired) electrons. The fraction of sp³-hybridized carbons (Fsp3) is 0.312. The van der Waals surface area contributed by atoms with Gasteiger partial charge in [0, 0.05) is 19.0 Å². The van der Waals surface area contributed by atoms with Crippen molar-refractivity contribution in [1.82, 2.24) is 9.78 Å². The number of amides is 1. The van der Waals surface area contributed by atoms with Gasteiger partial charge in [0.05, 0.1) is 16.2 Å². The van der Waals surface area contributed by atoms with Crippen molar-refractivity contribution in [2.24, 2.45) is 7.05 Å². The molecule has 2 rings (SSSR count). The van der Waals surface area contributed by atoms with Crippen LogP contribution in [0.1, 0.15) is 46.3 Å². The highest BCUT2D eigenvalue weighted by Gasteiger charge is 2.18. The Kier molecular flexibility index (Phi) is 4.98. The van der Waals surface area contributed by atoms with Gasteiger partial charge in [-0.2, -0.15) is 5.10 Å². The number of anilines is 1. The molecule has 1 heterocycles. The van der Waals surface area contributed by atoms with Gasteiger partial charge in [0.15, 0.2) is 9.84 Å². The maximum Gasteiger partial charge on any atom is 0.335 e. The molecule has 0 unspecified atom stereocenters. The van der Waals surface area contributed by atoms with Gasteiger partial charge in [-0.15, -0.1) is 0 Å². The van der Waals surface area contributed by atoms with Crippen molar-refractivity contribution < 1.29 is 23.1 Å². The summed E-state index contributed by atoms with van der Waals surface area (Å²) in [6.07, 6.45) is 0.968. The maximum absolute atomic E-state index is 12.4. The van der Waals surface area contributed by atoms with Gasteiger partial charge in [0.25, 0.3) is 5.91 Å². The normalized spacial score (nSPS) is 11.6. The molecule has 0 aliphatic carbocycles. The first-order valence-corrected chi connectivity index (χ1v) is 9.32. The molecule has 1 aromatic carbocycles. The Bertz CT molecular complexity index is 945. The number of aryl methyl sites for hydroxylation is 1. The van der Waals surface area contributed by atoms with Gasteiger partial charge in [-0.3, -0.25) is 9.48 Å². The molecule has 0 spiro atoms. The van der Waals surface area contributed by atoms with E-state index in [1.165, 1.54) is 16.8 Å². The van der Waals surface area contributed by atoms with Gasteiger partial charge < -0.3 is 10.4 Å². The molecular weight excluding hydrogens is 346 g/mol. The molecular formula is C16H19N3O5S. The third-order valence-electron chi connectivity index (χ3n) is 3.56. The average Bonchev–Trinajstić information content (AvgIpc) is 2.88. The highest BCUT2D eigenvalue weighted by Crippen LogP contribution is 2.21. The minimum Gasteiger partial charge on any atom is -0.478 e. The van der Waals surface area contributed by atoms with Gasteiger partial charge in [0.2, 0.25) is 0 Å². The highest BCUT2D eigenvalue weighted by atomic mass is 32.2. The van der Waals surface area contributed by atoms with Crippen LogP contribution in [0.15, 0.2) is 29.2 Å². The summed E-state index contributed by atoms with van der Waals surface area (Å²) in [5.74, 6) is -1.66. The summed E-state index contributed by atoms with van der Waals surface area (Å²) in [6.45, 7) is 3.89. The van der Waals surface area contributed by atoms with Crippen LogP contribution in [0, 0.1) is 0 Å². The number of aromatic carboxylic acids is 1. The maximum atomic E-state index is 12.4. The molecule has 0 bridgehead atoms. The molecule has 0 aliphatic heterocycles. The van der Waals surface area contributed by atoms with Gasteiger partial charge >= 0.3 is 5.97 Å². The molecule has 0 saturated carbocycles. The lowest BCUT2D eigenvalue weighted by molar-refractivity contribution is 0.0696. The second-order valence-electron chi connectivity index (χ2n) is 6.01. The molecule has 2 N–H and O–H groups in total. The molecule has 0 atom stereocenters. The lowest BCUT2D eigenvalue weighted by atomic mass is 10.1. The van der Waals surface area contributed by atoms with Crippen molar-refractivity contribution in [3.63, 3.8) is 0 Å². The number of aromatic nitrogens is 2. The minimum atomic E-state index is -3.63. The van der Waals surface area contributed by atoms with Crippen molar-refractivity contribution in [1.29, 1.82) is 0 Å². The van der Waals surface area contributed by atoms with E-state index in [0.717, 1.165) is 18.0 Å². The Morgan fingerprint density at radius 3 is 2.32 bits per heavy atom. The number of hydrogen-bond donors (Lipinski definition) is 2. The number of carbonyl (C=O) groups excluding carboxylic acids is 1. The summed E-state index contributed by atoms with van der Waals surface area (Å²) in [5.41, 5.74) is 0.873. The first-order chi connectivity index (χ1) is 11.5. The van der Waals surface area contributed by atoms with Crippen molar-refractivity contribution in [2.45, 2.75) is 24.7 Å². The molecule has 25 heavy (non-hydrogen) atoms. The number of carboxylic acids is 1. The lowest BCUT2D eigenvalue weighted by Crippen LogP contribution is -2.17. The van der Waals surface area contributed by atoms with E-state index in [1.807, 2.05) is 13.8 Å². The Labute approximate surface area is 145 Å². The van der Waals surface area contributed by atoms with E-state index in [2.05, 4.69) is 10.4 Å². The van der Waals surface area contributed by atoms with Crippen LogP contribution in [0.4, 0.5) is 5.69 Å². The lowest BCUT2D eigenvalue weighted by Gasteiger charge is -2.09. The van der Waals surface area contributed by atoms with Gasteiger partial charge in [-0.25, -0.2) is 13.2 Å². The molecule has 1 amide bonds. The summed E-state index contributed by atoms with van der Waals surface area (Å²) in [4.78, 5) is 23.5. The van der Waals surface area contributed by atoms with E-state index >= 15 is 0 Å². The second kappa shape index (κ2) is 6.67. The zero-order chi connectivity index (χ0) is 18.9. The van der Waals surface area contributed by atoms with E-state index in [9.17, 15) is 18.0 Å². The first-order valence-electron chi connectivity index (χ1n) is 7.42. The van der Waals surface area contributed by atoms with Crippen LogP contribution in [-0.2, 0) is 16.9 Å². The summed E-state index contributed by atoms with van der Waals surface area (Å²) in [6, 6.07) is 5.11. The van der Waals surface area contributed by atoms with Crippen molar-refractivity contribution in [3.8, 4) is 0 Å². The van der Waals surface area contributed by atoms with E-state index < -0.39 is 21.7 Å². The molecule has 9 heteroatoms. The molecule has 0 saturated heterocycles. The van der Waals surface area contributed by atoms with Gasteiger partial charge in [-0.1, -0.05) is 13.8 Å². The third-order valence-corrected chi connectivity index (χ3v) is 4.65. The van der Waals surface area contributed by atoms with Crippen molar-refractivity contribution >= 4 is 27.4 Å². The standard InChI is InChI=1S/C16H19N3O5S/c1-9(2)13-8-14(19(3)18-13)15(20)17-11-5-10(16(21)22)6-12(7-11)25(4,23)24/h5-9H,1-4H3,(H,17,20)(H,21,22). The smallest absolute Gasteiger partial charge is 0.335 e. The van der Waals surface area contributed by atoms with E-state index in [0.29, 0.717) is 0 Å². The Balaban J connectivity index is 2.41. The minimum absolute atomic E-state index is 0.0811. The number of nitrogens with zero attached hydrogens (tertiary/aromatic N) is 2. The number of carbonyl (C=O) groups is 2. The topological polar surface area (TPSA) is 118 Å². The number of carboxylic acid groups (broad SMARTS) is 1. The monoisotopic (exact) mass is 365 g/mol. The fourth-order valence-electron chi connectivity index (χ4n) is 2.19. The van der Waals surface area contributed by atoms with Crippen LogP contribution < -0.4 is 5.32 Å². The summed E-state index contributed by atoms with van der Waals surface area (Å²) in [5, 5.41) is 15.9. The first kappa shape index (κ1) is 18.7. The van der Waals surface area contributed by atoms with Crippen LogP contribution in [0.25, 0.3) is 0 Å². The van der Waals surface area contributed by atoms with Crippen LogP contribution in [0.3, 0.4) is 0 Å². The quantitative estimate of drug-likeness (QED) is 0.835. The third kappa shape index (κ3) is 4.24. The van der Waals surface area contributed by atoms with Crippen LogP contribution in [-0.4, -0.2) is 41.4 Å². The zero-order valence-corrected chi connectivity index (χ0v) is 15.1. The number of nitrogens with one attached hydrogen (secondary N) is 1. The molecule has 2 aromatic rings. The number of benzene rings is 1. The molecule has 134 valence electrons. The number of rotatable bonds is 5. The van der Waals surface area contributed by atoms with Gasteiger partial charge in [-0.05, 0) is 30.2 Å². The summed E-state index contributed by atoms with van der Waals surface area (Å²) >= 11 is 0. The van der Waals surface area contributed by atoms with Crippen LogP contribution in [0.2, 0.25) is 0 Å². The van der Waals surface area contributed by atoms with E-state index in [-0.39, 0.29) is 27.8 Å². The molecule has 0 fully saturated rings. The Hall–Kier alpha value is -2.68. The molecule has 8 nitrogen and oxygen atoms in total. The fourth-order valence-corrected chi connectivity index (χ4v) is 2.87. The molecule has 0 aliphatic rings. The zero-order valence-electron chi connectivity index (χ0n) is 14.3. The van der Waals surface area contributed by atoms with E-state index in [1.54, 1.807) is 13.1 Å². The largest absolute Gasteiger partial charge is 0.478 e. The Morgan fingerprint density at radius 1 is 1.20 bits per heavy atom. The van der Waals surface area contributed by atoms with Crippen molar-refractivity contribution in [2.75, 3.05) is 11.6 Å². The summed E-state index contributed by atoms with van der Waals surface area (Å²) < 4.78 is 24.9. The highest BCUT2D eigenvalue weighted by molar-refractivity contribution is 7.90. The van der Waals surface area contributed by atoms with Gasteiger partial charge in [0.1, 0.15) is 5.69 Å². The Morgan fingerprint density at radius 2 is 1.84 bits per heavy atom. The predicted molar refractivity (Wildman–Crippen MR) is 91.8 cm³/mol. The average molecular weight is 365 g/mol. The SMILES string of the molecule is CC(C)c1cc(C(=O)Nc2cc(C(=O)O)cc(S(C)(=O)=O)c2)n(C)n1.